The first-order valence-corrected chi connectivity index (χ1v) is 9.23. The lowest BCUT2D eigenvalue weighted by atomic mass is 10.2. The summed E-state index contributed by atoms with van der Waals surface area (Å²) in [4.78, 5) is 26.4. The Morgan fingerprint density at radius 1 is 1.03 bits per heavy atom. The van der Waals surface area contributed by atoms with Gasteiger partial charge in [0.15, 0.2) is 5.70 Å². The van der Waals surface area contributed by atoms with Crippen LogP contribution in [-0.2, 0) is 16.1 Å². The highest BCUT2D eigenvalue weighted by Crippen LogP contribution is 2.22. The van der Waals surface area contributed by atoms with Crippen LogP contribution in [0.4, 0.5) is 10.1 Å². The van der Waals surface area contributed by atoms with E-state index in [-0.39, 0.29) is 29.5 Å². The summed E-state index contributed by atoms with van der Waals surface area (Å²) >= 11 is 0. The van der Waals surface area contributed by atoms with Crippen molar-refractivity contribution >= 4 is 23.6 Å². The first-order valence-electron chi connectivity index (χ1n) is 9.23. The number of nitro groups is 1. The molecule has 7 nitrogen and oxygen atoms in total. The predicted octanol–water partition coefficient (Wildman–Crippen LogP) is 4.66. The number of non-ortho nitro benzene ring substituents is 1. The number of nitro benzene ring substituents is 1. The minimum absolute atomic E-state index is 0.0207. The molecule has 0 N–H and O–H groups in total. The molecule has 0 saturated heterocycles. The minimum atomic E-state index is -0.656. The molecule has 154 valence electrons. The van der Waals surface area contributed by atoms with Crippen LogP contribution in [0.1, 0.15) is 16.7 Å². The standard InChI is InChI=1S/C23H15FN2O5/c24-20-4-2-1-3-19(20)22-25-21(23(27)31-22)13-15-7-11-18(12-8-15)30-14-16-5-9-17(10-6-16)26(28)29/h1-13H,14H2. The molecule has 0 unspecified atom stereocenters. The third kappa shape index (κ3) is 4.64. The van der Waals surface area contributed by atoms with E-state index < -0.39 is 16.7 Å². The highest BCUT2D eigenvalue weighted by atomic mass is 19.1. The second-order valence-electron chi connectivity index (χ2n) is 6.60. The van der Waals surface area contributed by atoms with Gasteiger partial charge in [-0.25, -0.2) is 14.2 Å². The highest BCUT2D eigenvalue weighted by molar-refractivity contribution is 6.12. The Morgan fingerprint density at radius 3 is 2.42 bits per heavy atom. The number of hydrogen-bond acceptors (Lipinski definition) is 6. The number of esters is 1. The van der Waals surface area contributed by atoms with Crippen molar-refractivity contribution in [3.05, 3.63) is 111 Å². The van der Waals surface area contributed by atoms with Crippen molar-refractivity contribution in [2.24, 2.45) is 4.99 Å². The van der Waals surface area contributed by atoms with E-state index in [2.05, 4.69) is 4.99 Å². The lowest BCUT2D eigenvalue weighted by Gasteiger charge is -2.06. The van der Waals surface area contributed by atoms with Crippen LogP contribution in [0.3, 0.4) is 0 Å². The van der Waals surface area contributed by atoms with E-state index in [4.69, 9.17) is 9.47 Å². The number of nitrogens with zero attached hydrogens (tertiary/aromatic N) is 2. The molecular weight excluding hydrogens is 403 g/mol. The molecule has 8 heteroatoms. The van der Waals surface area contributed by atoms with Crippen molar-refractivity contribution in [3.8, 4) is 5.75 Å². The van der Waals surface area contributed by atoms with E-state index in [9.17, 15) is 19.3 Å². The molecule has 0 aromatic heterocycles. The highest BCUT2D eigenvalue weighted by Gasteiger charge is 2.25. The van der Waals surface area contributed by atoms with Crippen LogP contribution >= 0.6 is 0 Å². The molecule has 1 aliphatic heterocycles. The molecule has 1 aliphatic rings. The summed E-state index contributed by atoms with van der Waals surface area (Å²) in [5, 5.41) is 10.7. The maximum Gasteiger partial charge on any atom is 0.363 e. The summed E-state index contributed by atoms with van der Waals surface area (Å²) in [6.45, 7) is 0.251. The van der Waals surface area contributed by atoms with Crippen LogP contribution in [0.5, 0.6) is 5.75 Å². The molecule has 0 fully saturated rings. The average Bonchev–Trinajstić information content (AvgIpc) is 3.13. The topological polar surface area (TPSA) is 91.0 Å². The summed E-state index contributed by atoms with van der Waals surface area (Å²) in [6.07, 6.45) is 1.54. The zero-order valence-corrected chi connectivity index (χ0v) is 16.0. The number of ether oxygens (including phenoxy) is 2. The number of halogens is 1. The van der Waals surface area contributed by atoms with Gasteiger partial charge in [-0.15, -0.1) is 0 Å². The number of hydrogen-bond donors (Lipinski definition) is 0. The Kier molecular flexibility index (Phi) is 5.53. The molecule has 4 rings (SSSR count). The van der Waals surface area contributed by atoms with Crippen LogP contribution in [0.15, 0.2) is 83.5 Å². The van der Waals surface area contributed by atoms with Crippen LogP contribution in [0.2, 0.25) is 0 Å². The molecule has 3 aromatic carbocycles. The van der Waals surface area contributed by atoms with Gasteiger partial charge >= 0.3 is 5.97 Å². The summed E-state index contributed by atoms with van der Waals surface area (Å²) < 4.78 is 24.6. The van der Waals surface area contributed by atoms with Gasteiger partial charge in [0.1, 0.15) is 18.2 Å². The summed E-state index contributed by atoms with van der Waals surface area (Å²) in [5.74, 6) is -0.663. The molecule has 0 atom stereocenters. The maximum atomic E-state index is 13.9. The third-order valence-electron chi connectivity index (χ3n) is 4.46. The Bertz CT molecular complexity index is 1200. The van der Waals surface area contributed by atoms with E-state index in [0.717, 1.165) is 5.56 Å². The Balaban J connectivity index is 1.43. The lowest BCUT2D eigenvalue weighted by molar-refractivity contribution is -0.384. The van der Waals surface area contributed by atoms with E-state index >= 15 is 0 Å². The van der Waals surface area contributed by atoms with Gasteiger partial charge in [0.25, 0.3) is 5.69 Å². The SMILES string of the molecule is O=C1OC(c2ccccc2F)=NC1=Cc1ccc(OCc2ccc([N+](=O)[O-])cc2)cc1. The molecule has 0 spiro atoms. The normalized spacial score (nSPS) is 14.3. The predicted molar refractivity (Wildman–Crippen MR) is 111 cm³/mol. The summed E-state index contributed by atoms with van der Waals surface area (Å²) in [7, 11) is 0. The number of benzene rings is 3. The quantitative estimate of drug-likeness (QED) is 0.251. The smallest absolute Gasteiger partial charge is 0.363 e. The molecule has 31 heavy (non-hydrogen) atoms. The Labute approximate surface area is 176 Å². The number of carbonyl (C=O) groups is 1. The van der Waals surface area contributed by atoms with Crippen molar-refractivity contribution < 1.29 is 23.6 Å². The van der Waals surface area contributed by atoms with Gasteiger partial charge in [0.05, 0.1) is 10.5 Å². The van der Waals surface area contributed by atoms with E-state index in [0.29, 0.717) is 11.3 Å². The average molecular weight is 418 g/mol. The first-order chi connectivity index (χ1) is 15.0. The van der Waals surface area contributed by atoms with E-state index in [1.807, 2.05) is 0 Å². The molecule has 0 saturated carbocycles. The van der Waals surface area contributed by atoms with Crippen LogP contribution < -0.4 is 4.74 Å². The molecule has 0 aliphatic carbocycles. The zero-order chi connectivity index (χ0) is 21.8. The van der Waals surface area contributed by atoms with Gasteiger partial charge in [0, 0.05) is 12.1 Å². The Morgan fingerprint density at radius 2 is 1.74 bits per heavy atom. The van der Waals surface area contributed by atoms with Gasteiger partial charge < -0.3 is 9.47 Å². The molecule has 0 amide bonds. The van der Waals surface area contributed by atoms with E-state index in [1.165, 1.54) is 36.4 Å². The fourth-order valence-electron chi connectivity index (χ4n) is 2.86. The van der Waals surface area contributed by atoms with Gasteiger partial charge in [-0.2, -0.15) is 0 Å². The summed E-state index contributed by atoms with van der Waals surface area (Å²) in [6, 6.07) is 19.0. The van der Waals surface area contributed by atoms with Crippen molar-refractivity contribution in [1.82, 2.24) is 0 Å². The second-order valence-corrected chi connectivity index (χ2v) is 6.60. The van der Waals surface area contributed by atoms with Crippen molar-refractivity contribution in [2.45, 2.75) is 6.61 Å². The molecule has 0 radical (unpaired) electrons. The maximum absolute atomic E-state index is 13.9. The minimum Gasteiger partial charge on any atom is -0.489 e. The molecule has 0 bridgehead atoms. The van der Waals surface area contributed by atoms with Crippen LogP contribution in [0.25, 0.3) is 6.08 Å². The number of cyclic esters (lactones) is 1. The van der Waals surface area contributed by atoms with Crippen LogP contribution in [-0.4, -0.2) is 16.8 Å². The fraction of sp³-hybridized carbons (Fsp3) is 0.0435. The van der Waals surface area contributed by atoms with Gasteiger partial charge in [-0.1, -0.05) is 24.3 Å². The summed E-state index contributed by atoms with van der Waals surface area (Å²) in [5.41, 5.74) is 1.69. The van der Waals surface area contributed by atoms with E-state index in [1.54, 1.807) is 42.5 Å². The monoisotopic (exact) mass is 418 g/mol. The zero-order valence-electron chi connectivity index (χ0n) is 16.0. The molecule has 1 heterocycles. The van der Waals surface area contributed by atoms with Gasteiger partial charge in [-0.3, -0.25) is 10.1 Å². The second kappa shape index (κ2) is 8.58. The lowest BCUT2D eigenvalue weighted by Crippen LogP contribution is -2.07. The third-order valence-corrected chi connectivity index (χ3v) is 4.46. The molecular formula is C23H15FN2O5. The number of aliphatic imine (C=N–C) groups is 1. The van der Waals surface area contributed by atoms with Gasteiger partial charge in [-0.05, 0) is 53.6 Å². The van der Waals surface area contributed by atoms with Crippen LogP contribution in [0, 0.1) is 15.9 Å². The van der Waals surface area contributed by atoms with Crippen molar-refractivity contribution in [3.63, 3.8) is 0 Å². The molecule has 3 aromatic rings. The largest absolute Gasteiger partial charge is 0.489 e. The van der Waals surface area contributed by atoms with Gasteiger partial charge in [0.2, 0.25) is 5.90 Å². The number of rotatable bonds is 6. The first kappa shape index (κ1) is 20.0. The van der Waals surface area contributed by atoms with Crippen molar-refractivity contribution in [1.29, 1.82) is 0 Å². The fourth-order valence-corrected chi connectivity index (χ4v) is 2.86. The Hall–Kier alpha value is -4.33. The number of carbonyl (C=O) groups excluding carboxylic acids is 1. The van der Waals surface area contributed by atoms with Crippen molar-refractivity contribution in [2.75, 3.05) is 0 Å².